The van der Waals surface area contributed by atoms with Gasteiger partial charge in [0.2, 0.25) is 0 Å². The van der Waals surface area contributed by atoms with Crippen molar-refractivity contribution in [1.82, 2.24) is 5.43 Å². The molecule has 0 fully saturated rings. The Labute approximate surface area is 125 Å². The molecule has 0 atom stereocenters. The third-order valence-electron chi connectivity index (χ3n) is 2.16. The summed E-state index contributed by atoms with van der Waals surface area (Å²) in [5.74, 6) is -0.263. The van der Waals surface area contributed by atoms with E-state index >= 15 is 0 Å². The summed E-state index contributed by atoms with van der Waals surface area (Å²) in [6.45, 7) is 0. The summed E-state index contributed by atoms with van der Waals surface area (Å²) in [6.07, 6.45) is 1.34. The van der Waals surface area contributed by atoms with Crippen LogP contribution in [0, 0.1) is 0 Å². The largest absolute Gasteiger partial charge is 0.507 e. The fourth-order valence-electron chi connectivity index (χ4n) is 1.28. The minimum Gasteiger partial charge on any atom is -0.507 e. The molecule has 0 aliphatic heterocycles. The van der Waals surface area contributed by atoms with E-state index in [1.54, 1.807) is 18.2 Å². The number of phenols is 1. The zero-order valence-electron chi connectivity index (χ0n) is 9.43. The number of nitrogens with zero attached hydrogens (tertiary/aromatic N) is 1. The average molecular weight is 388 g/mol. The lowest BCUT2D eigenvalue weighted by atomic mass is 10.2. The van der Waals surface area contributed by atoms with E-state index in [2.05, 4.69) is 42.4 Å². The number of halogens is 2. The predicted molar refractivity (Wildman–Crippen MR) is 77.3 cm³/mol. The Morgan fingerprint density at radius 3 is 2.79 bits per heavy atom. The molecule has 2 aromatic rings. The summed E-state index contributed by atoms with van der Waals surface area (Å²) in [5.41, 5.74) is 2.78. The Hall–Kier alpha value is -1.60. The lowest BCUT2D eigenvalue weighted by Gasteiger charge is -1.99. The molecular weight excluding hydrogens is 380 g/mol. The molecule has 0 saturated carbocycles. The van der Waals surface area contributed by atoms with Crippen molar-refractivity contribution < 1.29 is 14.3 Å². The van der Waals surface area contributed by atoms with E-state index in [-0.39, 0.29) is 11.5 Å². The van der Waals surface area contributed by atoms with Gasteiger partial charge >= 0.3 is 5.91 Å². The summed E-state index contributed by atoms with van der Waals surface area (Å²) in [4.78, 5) is 11.6. The zero-order valence-corrected chi connectivity index (χ0v) is 12.6. The number of hydrogen-bond acceptors (Lipinski definition) is 4. The van der Waals surface area contributed by atoms with Gasteiger partial charge in [0.05, 0.1) is 6.21 Å². The molecular formula is C12H8Br2N2O3. The third kappa shape index (κ3) is 3.68. The van der Waals surface area contributed by atoms with Crippen LogP contribution in [0.25, 0.3) is 0 Å². The van der Waals surface area contributed by atoms with Gasteiger partial charge in [0, 0.05) is 10.0 Å². The Morgan fingerprint density at radius 2 is 2.11 bits per heavy atom. The first-order chi connectivity index (χ1) is 9.06. The lowest BCUT2D eigenvalue weighted by molar-refractivity contribution is 0.0926. The highest BCUT2D eigenvalue weighted by Gasteiger charge is 2.08. The second kappa shape index (κ2) is 6.03. The van der Waals surface area contributed by atoms with Crippen LogP contribution in [0.5, 0.6) is 5.75 Å². The van der Waals surface area contributed by atoms with E-state index in [1.165, 1.54) is 18.3 Å². The third-order valence-corrected chi connectivity index (χ3v) is 3.08. The standard InChI is InChI=1S/C12H8Br2N2O3/c13-8-1-2-9(17)7(5-8)6-15-16-12(18)10-3-4-11(14)19-10/h1-6,17H,(H,16,18)/b15-6+. The number of furan rings is 1. The Kier molecular flexibility index (Phi) is 4.39. The second-order valence-corrected chi connectivity index (χ2v) is 5.20. The van der Waals surface area contributed by atoms with E-state index in [1.807, 2.05) is 0 Å². The predicted octanol–water partition coefficient (Wildman–Crippen LogP) is 3.27. The molecule has 0 bridgehead atoms. The first kappa shape index (κ1) is 13.8. The number of aromatic hydroxyl groups is 1. The van der Waals surface area contributed by atoms with Gasteiger partial charge in [-0.3, -0.25) is 4.79 Å². The molecule has 1 heterocycles. The van der Waals surface area contributed by atoms with Crippen molar-refractivity contribution in [2.24, 2.45) is 5.10 Å². The van der Waals surface area contributed by atoms with Crippen LogP contribution in [0.3, 0.4) is 0 Å². The maximum absolute atomic E-state index is 11.6. The quantitative estimate of drug-likeness (QED) is 0.626. The zero-order chi connectivity index (χ0) is 13.8. The van der Waals surface area contributed by atoms with Crippen molar-refractivity contribution in [3.05, 3.63) is 50.8 Å². The number of amides is 1. The first-order valence-electron chi connectivity index (χ1n) is 5.13. The Morgan fingerprint density at radius 1 is 1.32 bits per heavy atom. The van der Waals surface area contributed by atoms with Gasteiger partial charge in [0.1, 0.15) is 5.75 Å². The normalized spacial score (nSPS) is 10.8. The number of carbonyl (C=O) groups is 1. The molecule has 0 spiro atoms. The smallest absolute Gasteiger partial charge is 0.307 e. The van der Waals surface area contributed by atoms with Crippen molar-refractivity contribution >= 4 is 44.0 Å². The van der Waals surface area contributed by atoms with Crippen LogP contribution in [-0.2, 0) is 0 Å². The van der Waals surface area contributed by atoms with Gasteiger partial charge in [-0.15, -0.1) is 0 Å². The number of rotatable bonds is 3. The minimum atomic E-state index is -0.476. The van der Waals surface area contributed by atoms with Gasteiger partial charge in [0.15, 0.2) is 10.4 Å². The monoisotopic (exact) mass is 386 g/mol. The van der Waals surface area contributed by atoms with E-state index in [0.717, 1.165) is 4.47 Å². The highest BCUT2D eigenvalue weighted by atomic mass is 79.9. The van der Waals surface area contributed by atoms with Crippen molar-refractivity contribution in [2.75, 3.05) is 0 Å². The first-order valence-corrected chi connectivity index (χ1v) is 6.72. The minimum absolute atomic E-state index is 0.0712. The molecule has 5 nitrogen and oxygen atoms in total. The van der Waals surface area contributed by atoms with Crippen molar-refractivity contribution in [2.45, 2.75) is 0 Å². The number of hydrazone groups is 1. The second-order valence-electron chi connectivity index (χ2n) is 3.51. The van der Waals surface area contributed by atoms with E-state index in [4.69, 9.17) is 4.42 Å². The molecule has 2 rings (SSSR count). The average Bonchev–Trinajstić information content (AvgIpc) is 2.80. The molecule has 0 radical (unpaired) electrons. The summed E-state index contributed by atoms with van der Waals surface area (Å²) in [7, 11) is 0. The molecule has 1 aromatic carbocycles. The molecule has 1 amide bonds. The van der Waals surface area contributed by atoms with E-state index in [0.29, 0.717) is 10.2 Å². The van der Waals surface area contributed by atoms with Crippen molar-refractivity contribution in [1.29, 1.82) is 0 Å². The molecule has 0 unspecified atom stereocenters. The molecule has 0 aliphatic carbocycles. The molecule has 0 aliphatic rings. The summed E-state index contributed by atoms with van der Waals surface area (Å²) in [5, 5.41) is 13.3. The molecule has 19 heavy (non-hydrogen) atoms. The van der Waals surface area contributed by atoms with Gasteiger partial charge in [0.25, 0.3) is 0 Å². The van der Waals surface area contributed by atoms with Crippen LogP contribution in [0.4, 0.5) is 0 Å². The summed E-state index contributed by atoms with van der Waals surface area (Å²) >= 11 is 6.38. The fourth-order valence-corrected chi connectivity index (χ4v) is 1.97. The molecule has 7 heteroatoms. The van der Waals surface area contributed by atoms with Crippen LogP contribution in [0.1, 0.15) is 16.1 Å². The fraction of sp³-hybridized carbons (Fsp3) is 0. The number of nitrogens with one attached hydrogen (secondary N) is 1. The number of benzene rings is 1. The SMILES string of the molecule is O=C(N/N=C/c1cc(Br)ccc1O)c1ccc(Br)o1. The van der Waals surface area contributed by atoms with Crippen LogP contribution in [0.2, 0.25) is 0 Å². The summed E-state index contributed by atoms with van der Waals surface area (Å²) in [6, 6.07) is 8.03. The van der Waals surface area contributed by atoms with Crippen LogP contribution in [0.15, 0.2) is 49.0 Å². The Bertz CT molecular complexity index is 638. The number of phenolic OH excluding ortho intramolecular Hbond substituents is 1. The molecule has 2 N–H and O–H groups in total. The van der Waals surface area contributed by atoms with Crippen molar-refractivity contribution in [3.63, 3.8) is 0 Å². The topological polar surface area (TPSA) is 74.8 Å². The van der Waals surface area contributed by atoms with E-state index in [9.17, 15) is 9.90 Å². The number of hydrogen-bond donors (Lipinski definition) is 2. The maximum atomic E-state index is 11.6. The molecule has 98 valence electrons. The van der Waals surface area contributed by atoms with Gasteiger partial charge in [-0.05, 0) is 46.3 Å². The number of carbonyl (C=O) groups excluding carboxylic acids is 1. The highest BCUT2D eigenvalue weighted by Crippen LogP contribution is 2.20. The van der Waals surface area contributed by atoms with Gasteiger partial charge in [-0.25, -0.2) is 5.43 Å². The van der Waals surface area contributed by atoms with Crippen LogP contribution < -0.4 is 5.43 Å². The van der Waals surface area contributed by atoms with Gasteiger partial charge < -0.3 is 9.52 Å². The van der Waals surface area contributed by atoms with Crippen molar-refractivity contribution in [3.8, 4) is 5.75 Å². The Balaban J connectivity index is 2.04. The highest BCUT2D eigenvalue weighted by molar-refractivity contribution is 9.10. The molecule has 1 aromatic heterocycles. The van der Waals surface area contributed by atoms with E-state index < -0.39 is 5.91 Å². The lowest BCUT2D eigenvalue weighted by Crippen LogP contribution is -2.16. The molecule has 0 saturated heterocycles. The van der Waals surface area contributed by atoms with Crippen LogP contribution >= 0.6 is 31.9 Å². The van der Waals surface area contributed by atoms with Gasteiger partial charge in [-0.1, -0.05) is 15.9 Å². The van der Waals surface area contributed by atoms with Gasteiger partial charge in [-0.2, -0.15) is 5.10 Å². The summed E-state index contributed by atoms with van der Waals surface area (Å²) < 4.78 is 6.33. The van der Waals surface area contributed by atoms with Crippen LogP contribution in [-0.4, -0.2) is 17.2 Å². The maximum Gasteiger partial charge on any atom is 0.307 e.